The third kappa shape index (κ3) is 2.49. The second-order valence-electron chi connectivity index (χ2n) is 4.72. The zero-order valence-corrected chi connectivity index (χ0v) is 12.2. The molecule has 0 aliphatic carbocycles. The Morgan fingerprint density at radius 2 is 1.90 bits per heavy atom. The highest BCUT2D eigenvalue weighted by Crippen LogP contribution is 2.33. The van der Waals surface area contributed by atoms with E-state index in [1.54, 1.807) is 6.07 Å². The topological polar surface area (TPSA) is 20.3 Å². The first-order chi connectivity index (χ1) is 9.97. The van der Waals surface area contributed by atoms with E-state index in [4.69, 9.17) is 23.2 Å². The van der Waals surface area contributed by atoms with Gasteiger partial charge in [0.1, 0.15) is 11.6 Å². The van der Waals surface area contributed by atoms with Gasteiger partial charge in [-0.25, -0.2) is 8.78 Å². The molecule has 0 unspecified atom stereocenters. The first kappa shape index (κ1) is 14.3. The number of nitrogens with zero attached hydrogens (tertiary/aromatic N) is 1. The van der Waals surface area contributed by atoms with Crippen molar-refractivity contribution in [3.05, 3.63) is 63.1 Å². The van der Waals surface area contributed by atoms with Gasteiger partial charge < -0.3 is 4.90 Å². The number of hydrogen-bond donors (Lipinski definition) is 0. The smallest absolute Gasteiger partial charge is 0.259 e. The summed E-state index contributed by atoms with van der Waals surface area (Å²) < 4.78 is 27.1. The van der Waals surface area contributed by atoms with Gasteiger partial charge in [-0.1, -0.05) is 23.2 Å². The lowest BCUT2D eigenvalue weighted by atomic mass is 10.1. The lowest BCUT2D eigenvalue weighted by Gasteiger charge is -2.18. The number of fused-ring (bicyclic) bond motifs is 1. The van der Waals surface area contributed by atoms with Crippen LogP contribution in [0.5, 0.6) is 0 Å². The molecular weight excluding hydrogens is 319 g/mol. The summed E-state index contributed by atoms with van der Waals surface area (Å²) in [5, 5.41) is 0.619. The summed E-state index contributed by atoms with van der Waals surface area (Å²) in [7, 11) is 0. The summed E-state index contributed by atoms with van der Waals surface area (Å²) in [6.07, 6.45) is 0.346. The fraction of sp³-hybridized carbons (Fsp3) is 0.133. The van der Waals surface area contributed by atoms with Crippen LogP contribution in [0.15, 0.2) is 30.3 Å². The maximum atomic E-state index is 13.7. The van der Waals surface area contributed by atoms with Crippen LogP contribution in [-0.4, -0.2) is 12.5 Å². The molecule has 21 heavy (non-hydrogen) atoms. The molecule has 1 aliphatic rings. The number of halogens is 4. The minimum Gasteiger partial charge on any atom is -0.307 e. The fourth-order valence-electron chi connectivity index (χ4n) is 2.44. The molecule has 0 fully saturated rings. The molecule has 108 valence electrons. The van der Waals surface area contributed by atoms with Gasteiger partial charge >= 0.3 is 0 Å². The molecule has 0 atom stereocenters. The Morgan fingerprint density at radius 1 is 1.14 bits per heavy atom. The van der Waals surface area contributed by atoms with E-state index in [-0.39, 0.29) is 22.8 Å². The van der Waals surface area contributed by atoms with Gasteiger partial charge in [0.05, 0.1) is 16.3 Å². The predicted molar refractivity (Wildman–Crippen MR) is 78.2 cm³/mol. The van der Waals surface area contributed by atoms with Gasteiger partial charge in [0, 0.05) is 23.2 Å². The number of amides is 1. The summed E-state index contributed by atoms with van der Waals surface area (Å²) in [5.74, 6) is -1.75. The van der Waals surface area contributed by atoms with E-state index >= 15 is 0 Å². The number of hydrogen-bond acceptors (Lipinski definition) is 1. The number of anilines is 1. The van der Waals surface area contributed by atoms with Crippen molar-refractivity contribution in [3.63, 3.8) is 0 Å². The van der Waals surface area contributed by atoms with E-state index in [0.29, 0.717) is 17.0 Å². The van der Waals surface area contributed by atoms with Crippen molar-refractivity contribution in [1.29, 1.82) is 0 Å². The van der Waals surface area contributed by atoms with Crippen LogP contribution in [0, 0.1) is 11.6 Å². The van der Waals surface area contributed by atoms with E-state index in [9.17, 15) is 13.6 Å². The normalized spacial score (nSPS) is 13.4. The van der Waals surface area contributed by atoms with Crippen molar-refractivity contribution >= 4 is 34.8 Å². The number of carbonyl (C=O) groups excluding carboxylic acids is 1. The second-order valence-corrected chi connectivity index (χ2v) is 5.56. The maximum Gasteiger partial charge on any atom is 0.259 e. The van der Waals surface area contributed by atoms with Crippen LogP contribution in [-0.2, 0) is 6.42 Å². The minimum atomic E-state index is -0.715. The standard InChI is InChI=1S/C15H9Cl2F2NO/c16-8-1-2-10(12(17)5-8)15(21)20-4-3-11-13(19)6-9(18)7-14(11)20/h1-2,5-7H,3-4H2. The van der Waals surface area contributed by atoms with E-state index < -0.39 is 17.5 Å². The van der Waals surface area contributed by atoms with Gasteiger partial charge in [0.15, 0.2) is 0 Å². The SMILES string of the molecule is O=C(c1ccc(Cl)cc1Cl)N1CCc2c(F)cc(F)cc21. The molecular formula is C15H9Cl2F2NO. The number of carbonyl (C=O) groups is 1. The predicted octanol–water partition coefficient (Wildman–Crippen LogP) is 4.47. The van der Waals surface area contributed by atoms with Crippen LogP contribution in [0.3, 0.4) is 0 Å². The molecule has 0 bridgehead atoms. The molecule has 3 rings (SSSR count). The average molecular weight is 328 g/mol. The van der Waals surface area contributed by atoms with Gasteiger partial charge in [0.2, 0.25) is 0 Å². The van der Waals surface area contributed by atoms with Crippen LogP contribution in [0.1, 0.15) is 15.9 Å². The zero-order valence-electron chi connectivity index (χ0n) is 10.7. The monoisotopic (exact) mass is 327 g/mol. The zero-order chi connectivity index (χ0) is 15.1. The highest BCUT2D eigenvalue weighted by Gasteiger charge is 2.29. The number of benzene rings is 2. The molecule has 0 saturated heterocycles. The van der Waals surface area contributed by atoms with E-state index in [2.05, 4.69) is 0 Å². The van der Waals surface area contributed by atoms with Crippen molar-refractivity contribution in [2.75, 3.05) is 11.4 Å². The van der Waals surface area contributed by atoms with Crippen molar-refractivity contribution in [3.8, 4) is 0 Å². The molecule has 0 spiro atoms. The molecule has 0 radical (unpaired) electrons. The first-order valence-corrected chi connectivity index (χ1v) is 6.98. The molecule has 6 heteroatoms. The maximum absolute atomic E-state index is 13.7. The van der Waals surface area contributed by atoms with E-state index in [0.717, 1.165) is 12.1 Å². The largest absolute Gasteiger partial charge is 0.307 e. The van der Waals surface area contributed by atoms with E-state index in [1.165, 1.54) is 17.0 Å². The molecule has 0 N–H and O–H groups in total. The summed E-state index contributed by atoms with van der Waals surface area (Å²) in [6.45, 7) is 0.285. The third-order valence-electron chi connectivity index (χ3n) is 3.42. The Balaban J connectivity index is 2.02. The van der Waals surface area contributed by atoms with Crippen LogP contribution < -0.4 is 4.90 Å². The van der Waals surface area contributed by atoms with Gasteiger partial charge in [-0.15, -0.1) is 0 Å². The summed E-state index contributed by atoms with van der Waals surface area (Å²) in [6, 6.07) is 6.49. The lowest BCUT2D eigenvalue weighted by Crippen LogP contribution is -2.29. The van der Waals surface area contributed by atoms with Crippen molar-refractivity contribution in [2.45, 2.75) is 6.42 Å². The number of rotatable bonds is 1. The van der Waals surface area contributed by atoms with Gasteiger partial charge in [0.25, 0.3) is 5.91 Å². The van der Waals surface area contributed by atoms with Crippen LogP contribution in [0.2, 0.25) is 10.0 Å². The Labute approximate surface area is 129 Å². The quantitative estimate of drug-likeness (QED) is 0.756. The summed E-state index contributed by atoms with van der Waals surface area (Å²) in [5.41, 5.74) is 0.844. The van der Waals surface area contributed by atoms with Gasteiger partial charge in [-0.2, -0.15) is 0 Å². The molecule has 1 aliphatic heterocycles. The fourth-order valence-corrected chi connectivity index (χ4v) is 2.93. The van der Waals surface area contributed by atoms with Crippen molar-refractivity contribution < 1.29 is 13.6 Å². The molecule has 2 nitrogen and oxygen atoms in total. The summed E-state index contributed by atoms with van der Waals surface area (Å²) in [4.78, 5) is 13.8. The molecule has 1 heterocycles. The first-order valence-electron chi connectivity index (χ1n) is 6.22. The van der Waals surface area contributed by atoms with Crippen molar-refractivity contribution in [2.24, 2.45) is 0 Å². The minimum absolute atomic E-state index is 0.206. The molecule has 2 aromatic rings. The van der Waals surface area contributed by atoms with E-state index in [1.807, 2.05) is 0 Å². The summed E-state index contributed by atoms with van der Waals surface area (Å²) >= 11 is 11.8. The highest BCUT2D eigenvalue weighted by atomic mass is 35.5. The second kappa shape index (κ2) is 5.28. The lowest BCUT2D eigenvalue weighted by molar-refractivity contribution is 0.0989. The van der Waals surface area contributed by atoms with Crippen LogP contribution >= 0.6 is 23.2 Å². The van der Waals surface area contributed by atoms with Crippen molar-refractivity contribution in [1.82, 2.24) is 0 Å². The molecule has 1 amide bonds. The Bertz CT molecular complexity index is 749. The average Bonchev–Trinajstić information content (AvgIpc) is 2.82. The van der Waals surface area contributed by atoms with Crippen LogP contribution in [0.4, 0.5) is 14.5 Å². The Kier molecular flexibility index (Phi) is 3.59. The Morgan fingerprint density at radius 3 is 2.62 bits per heavy atom. The third-order valence-corrected chi connectivity index (χ3v) is 3.97. The molecule has 0 aromatic heterocycles. The molecule has 2 aromatic carbocycles. The van der Waals surface area contributed by atoms with Crippen LogP contribution in [0.25, 0.3) is 0 Å². The Hall–Kier alpha value is -1.65. The van der Waals surface area contributed by atoms with Gasteiger partial charge in [-0.3, -0.25) is 4.79 Å². The molecule has 0 saturated carbocycles. The van der Waals surface area contributed by atoms with Gasteiger partial charge in [-0.05, 0) is 30.7 Å². The highest BCUT2D eigenvalue weighted by molar-refractivity contribution is 6.37.